The van der Waals surface area contributed by atoms with E-state index < -0.39 is 21.4 Å². The van der Waals surface area contributed by atoms with Crippen LogP contribution in [0.15, 0.2) is 77.7 Å². The fourth-order valence-electron chi connectivity index (χ4n) is 4.41. The maximum Gasteiger partial charge on any atom is 0.494 e. The normalized spacial score (nSPS) is 14.7. The number of aromatic nitrogens is 2. The number of hydrogen-bond donors (Lipinski definition) is 2. The Bertz CT molecular complexity index is 1720. The zero-order valence-electron chi connectivity index (χ0n) is 28.5. The van der Waals surface area contributed by atoms with Gasteiger partial charge in [0.1, 0.15) is 18.9 Å². The van der Waals surface area contributed by atoms with Crippen molar-refractivity contribution in [2.75, 3.05) is 38.1 Å². The molecule has 262 valence electrons. The number of rotatable bonds is 4. The van der Waals surface area contributed by atoms with E-state index in [4.69, 9.17) is 20.8 Å². The van der Waals surface area contributed by atoms with E-state index in [1.54, 1.807) is 38.8 Å². The molecule has 1 saturated heterocycles. The Morgan fingerprint density at radius 3 is 1.56 bits per heavy atom. The largest absolute Gasteiger partial charge is 0.494 e. The van der Waals surface area contributed by atoms with Gasteiger partial charge in [-0.3, -0.25) is 4.98 Å². The first kappa shape index (κ1) is 43.3. The molecule has 0 aliphatic carbocycles. The summed E-state index contributed by atoms with van der Waals surface area (Å²) in [6, 6.07) is 19.0. The first-order valence-electron chi connectivity index (χ1n) is 14.9. The smallest absolute Gasteiger partial charge is 0.399 e. The van der Waals surface area contributed by atoms with Crippen molar-refractivity contribution in [2.24, 2.45) is 0 Å². The van der Waals surface area contributed by atoms with Crippen LogP contribution in [0.1, 0.15) is 53.7 Å². The summed E-state index contributed by atoms with van der Waals surface area (Å²) in [5, 5.41) is 1.41. The zero-order valence-corrected chi connectivity index (χ0v) is 31.8. The van der Waals surface area contributed by atoms with Gasteiger partial charge in [-0.2, -0.15) is 0 Å². The molecule has 2 aromatic heterocycles. The predicted molar refractivity (Wildman–Crippen MR) is 214 cm³/mol. The lowest BCUT2D eigenvalue weighted by Gasteiger charge is -2.32. The van der Waals surface area contributed by atoms with Gasteiger partial charge in [0.25, 0.3) is 0 Å². The third kappa shape index (κ3) is 11.4. The molecule has 12 heteroatoms. The van der Waals surface area contributed by atoms with Crippen LogP contribution in [-0.4, -0.2) is 54.9 Å². The van der Waals surface area contributed by atoms with Gasteiger partial charge in [0.05, 0.1) is 16.9 Å². The summed E-state index contributed by atoms with van der Waals surface area (Å²) in [4.78, 5) is 8.37. The molecular weight excluding hydrogens is 705 g/mol. The molecule has 0 saturated carbocycles. The third-order valence-corrected chi connectivity index (χ3v) is 11.4. The average Bonchev–Trinajstić information content (AvgIpc) is 3.17. The quantitative estimate of drug-likeness (QED) is 0.0924. The summed E-state index contributed by atoms with van der Waals surface area (Å²) < 4.78 is 37.4. The Morgan fingerprint density at radius 2 is 1.15 bits per heavy atom. The molecule has 1 aliphatic rings. The van der Waals surface area contributed by atoms with Crippen molar-refractivity contribution in [1.29, 1.82) is 0 Å². The van der Waals surface area contributed by atoms with Crippen molar-refractivity contribution >= 4 is 64.8 Å². The fraction of sp³-hybridized carbons (Fsp3) is 0.389. The Hall–Kier alpha value is -2.74. The number of hydrogen-bond acceptors (Lipinski definition) is 8. The predicted octanol–water partition coefficient (Wildman–Crippen LogP) is 8.13. The van der Waals surface area contributed by atoms with Crippen molar-refractivity contribution in [2.45, 2.75) is 67.6 Å². The van der Waals surface area contributed by atoms with E-state index in [-0.39, 0.29) is 26.1 Å². The molecule has 4 aromatic rings. The molecule has 0 atom stereocenters. The number of nitrogens with two attached hydrogens (primary N) is 2. The highest BCUT2D eigenvalue weighted by molar-refractivity contribution is 9.10. The van der Waals surface area contributed by atoms with E-state index >= 15 is 0 Å². The maximum absolute atomic E-state index is 12.3. The first-order valence-corrected chi connectivity index (χ1v) is 20.9. The van der Waals surface area contributed by atoms with Crippen molar-refractivity contribution in [1.82, 2.24) is 9.97 Å². The van der Waals surface area contributed by atoms with Crippen LogP contribution in [0.5, 0.6) is 0 Å². The number of halogens is 1. The maximum atomic E-state index is 12.3. The highest BCUT2D eigenvalue weighted by atomic mass is 79.9. The molecule has 8 nitrogen and oxygen atoms in total. The zero-order chi connectivity index (χ0) is 34.7. The number of anilines is 2. The minimum atomic E-state index is -2.42. The molecule has 5 rings (SSSR count). The van der Waals surface area contributed by atoms with E-state index in [9.17, 15) is 9.13 Å². The number of aryl methyl sites for hydroxylation is 2. The van der Waals surface area contributed by atoms with Gasteiger partial charge < -0.3 is 29.9 Å². The van der Waals surface area contributed by atoms with Gasteiger partial charge in [0, 0.05) is 39.9 Å². The van der Waals surface area contributed by atoms with Gasteiger partial charge in [0.15, 0.2) is 0 Å². The van der Waals surface area contributed by atoms with Crippen LogP contribution >= 0.6 is 30.2 Å². The van der Waals surface area contributed by atoms with Crippen molar-refractivity contribution in [3.8, 4) is 11.3 Å². The molecule has 0 bridgehead atoms. The highest BCUT2D eigenvalue weighted by Crippen LogP contribution is 2.39. The molecule has 2 aromatic carbocycles. The molecular formula is C36H54BBrN4O4P2. The van der Waals surface area contributed by atoms with E-state index in [0.717, 1.165) is 32.2 Å². The molecule has 0 spiro atoms. The van der Waals surface area contributed by atoms with Crippen LogP contribution < -0.4 is 27.5 Å². The Morgan fingerprint density at radius 1 is 0.688 bits per heavy atom. The fourth-order valence-corrected chi connectivity index (χ4v) is 6.95. The summed E-state index contributed by atoms with van der Waals surface area (Å²) in [5.41, 5.74) is 17.2. The third-order valence-electron chi connectivity index (χ3n) is 7.85. The van der Waals surface area contributed by atoms with Crippen LogP contribution in [0, 0.1) is 13.8 Å². The van der Waals surface area contributed by atoms with E-state index in [1.165, 1.54) is 5.56 Å². The second-order valence-corrected chi connectivity index (χ2v) is 20.4. The van der Waals surface area contributed by atoms with Gasteiger partial charge in [-0.1, -0.05) is 39.1 Å². The summed E-state index contributed by atoms with van der Waals surface area (Å²) in [7, 11) is -5.24. The molecule has 48 heavy (non-hydrogen) atoms. The Kier molecular flexibility index (Phi) is 15.1. The second kappa shape index (κ2) is 16.8. The van der Waals surface area contributed by atoms with Gasteiger partial charge in [-0.15, -0.1) is 0 Å². The molecule has 1 fully saturated rings. The Labute approximate surface area is 297 Å². The molecule has 0 amide bonds. The molecule has 1 aliphatic heterocycles. The topological polar surface area (TPSA) is 130 Å². The van der Waals surface area contributed by atoms with Crippen LogP contribution in [0.25, 0.3) is 11.3 Å². The highest BCUT2D eigenvalue weighted by Gasteiger charge is 2.51. The van der Waals surface area contributed by atoms with E-state index in [2.05, 4.69) is 25.9 Å². The van der Waals surface area contributed by atoms with Crippen LogP contribution in [0.4, 0.5) is 11.4 Å². The molecule has 0 unspecified atom stereocenters. The minimum Gasteiger partial charge on any atom is -0.399 e. The summed E-state index contributed by atoms with van der Waals surface area (Å²) in [5.74, 6) is 0. The van der Waals surface area contributed by atoms with Crippen molar-refractivity contribution in [3.63, 3.8) is 0 Å². The van der Waals surface area contributed by atoms with Gasteiger partial charge in [0.2, 0.25) is 0 Å². The lowest BCUT2D eigenvalue weighted by Crippen LogP contribution is -2.41. The average molecular weight is 760 g/mol. The van der Waals surface area contributed by atoms with Crippen LogP contribution in [0.2, 0.25) is 0 Å². The minimum absolute atomic E-state index is 0. The number of benzene rings is 2. The SMILES string of the molecule is C.C.CC1(C)OB(c2ccc(N)c(P(C)(C)=O)c2)OC1(C)C.Cc1ccc(-c2ccc(N)c(P(C)(C)=O)c2)nc1.Cc1ccc(Br)nc1. The number of pyridine rings is 2. The summed E-state index contributed by atoms with van der Waals surface area (Å²) >= 11 is 3.23. The van der Waals surface area contributed by atoms with Crippen LogP contribution in [0.3, 0.4) is 0 Å². The van der Waals surface area contributed by atoms with Crippen LogP contribution in [-0.2, 0) is 18.4 Å². The second-order valence-electron chi connectivity index (χ2n) is 13.3. The Balaban J connectivity index is 0.000000380. The standard InChI is InChI=1S/C14H23BNO3P.C14H17N2OP.C6H6BrN.2CH4/c1-13(2)14(3,4)19-15(18-13)10-7-8-11(16)12(9-10)20(5,6)17;1-10-4-7-13(16-9-10)11-5-6-12(15)14(8-11)18(2,3)17;1-5-2-3-6(7)8-4-5;;/h7-9H,16H2,1-6H3;4-9H,15H2,1-3H3;2-4H,1H3;2*1H4. The van der Waals surface area contributed by atoms with Gasteiger partial charge in [-0.25, -0.2) is 4.98 Å². The number of nitrogen functional groups attached to an aromatic ring is 2. The molecule has 4 N–H and O–H groups in total. The van der Waals surface area contributed by atoms with Crippen molar-refractivity contribution < 1.29 is 18.4 Å². The van der Waals surface area contributed by atoms with E-state index in [1.807, 2.05) is 102 Å². The monoisotopic (exact) mass is 758 g/mol. The molecule has 3 heterocycles. The lowest BCUT2D eigenvalue weighted by atomic mass is 9.79. The molecule has 0 radical (unpaired) electrons. The number of nitrogens with zero attached hydrogens (tertiary/aromatic N) is 2. The van der Waals surface area contributed by atoms with Gasteiger partial charge in [-0.05, 0) is 137 Å². The summed E-state index contributed by atoms with van der Waals surface area (Å²) in [6.07, 6.45) is 3.65. The summed E-state index contributed by atoms with van der Waals surface area (Å²) in [6.45, 7) is 18.9. The van der Waals surface area contributed by atoms with E-state index in [0.29, 0.717) is 16.7 Å². The van der Waals surface area contributed by atoms with Gasteiger partial charge >= 0.3 is 7.12 Å². The lowest BCUT2D eigenvalue weighted by molar-refractivity contribution is 0.00578. The first-order chi connectivity index (χ1) is 21.1. The van der Waals surface area contributed by atoms with Crippen molar-refractivity contribution in [3.05, 3.63) is 88.8 Å².